The van der Waals surface area contributed by atoms with Gasteiger partial charge < -0.3 is 9.84 Å². The van der Waals surface area contributed by atoms with E-state index in [0.29, 0.717) is 13.0 Å². The fourth-order valence-corrected chi connectivity index (χ4v) is 2.96. The largest absolute Gasteiger partial charge is 0.481 e. The van der Waals surface area contributed by atoms with Gasteiger partial charge in [0.1, 0.15) is 0 Å². The van der Waals surface area contributed by atoms with E-state index < -0.39 is 11.4 Å². The molecule has 0 aliphatic heterocycles. The second-order valence-electron chi connectivity index (χ2n) is 5.66. The smallest absolute Gasteiger partial charge is 0.314 e. The van der Waals surface area contributed by atoms with Crippen molar-refractivity contribution in [3.63, 3.8) is 0 Å². The summed E-state index contributed by atoms with van der Waals surface area (Å²) in [6.07, 6.45) is 11.7. The maximum absolute atomic E-state index is 11.9. The van der Waals surface area contributed by atoms with Crippen LogP contribution in [-0.2, 0) is 9.53 Å². The molecule has 0 fully saturated rings. The highest BCUT2D eigenvalue weighted by Gasteiger charge is 2.43. The van der Waals surface area contributed by atoms with Crippen molar-refractivity contribution in [3.8, 4) is 0 Å². The third kappa shape index (κ3) is 3.95. The van der Waals surface area contributed by atoms with E-state index in [0.717, 1.165) is 32.1 Å². The Bertz CT molecular complexity index is 370. The van der Waals surface area contributed by atoms with E-state index in [1.165, 1.54) is 5.57 Å². The zero-order valence-electron chi connectivity index (χ0n) is 13.0. The standard InChI is InChI=1S/C17H28O3/c1-4-6-10-17(16(18)19)11-8-14(7-5-2)13-15(17)9-12-20-3/h8,11,13,15H,4-7,9-10,12H2,1-3H3,(H,18,19). The van der Waals surface area contributed by atoms with Crippen molar-refractivity contribution in [2.24, 2.45) is 11.3 Å². The fraction of sp³-hybridized carbons (Fsp3) is 0.706. The number of rotatable bonds is 9. The van der Waals surface area contributed by atoms with Gasteiger partial charge in [0.15, 0.2) is 0 Å². The number of hydrogen-bond donors (Lipinski definition) is 1. The lowest BCUT2D eigenvalue weighted by atomic mass is 9.67. The monoisotopic (exact) mass is 280 g/mol. The number of carbonyl (C=O) groups is 1. The van der Waals surface area contributed by atoms with Gasteiger partial charge in [0, 0.05) is 13.7 Å². The van der Waals surface area contributed by atoms with E-state index in [1.807, 2.05) is 12.2 Å². The third-order valence-electron chi connectivity index (χ3n) is 4.19. The summed E-state index contributed by atoms with van der Waals surface area (Å²) in [6.45, 7) is 4.86. The number of ether oxygens (including phenoxy) is 1. The number of unbranched alkanes of at least 4 members (excludes halogenated alkanes) is 1. The maximum atomic E-state index is 11.9. The Hall–Kier alpha value is -1.09. The van der Waals surface area contributed by atoms with Crippen molar-refractivity contribution in [1.29, 1.82) is 0 Å². The molecule has 3 nitrogen and oxygen atoms in total. The summed E-state index contributed by atoms with van der Waals surface area (Å²) in [7, 11) is 1.67. The summed E-state index contributed by atoms with van der Waals surface area (Å²) in [5, 5.41) is 9.78. The molecule has 114 valence electrons. The number of aliphatic carboxylic acids is 1. The third-order valence-corrected chi connectivity index (χ3v) is 4.19. The molecule has 0 aromatic carbocycles. The van der Waals surface area contributed by atoms with Crippen LogP contribution >= 0.6 is 0 Å². The molecule has 0 saturated carbocycles. The molecule has 0 aromatic heterocycles. The molecule has 2 unspecified atom stereocenters. The van der Waals surface area contributed by atoms with Gasteiger partial charge >= 0.3 is 5.97 Å². The minimum Gasteiger partial charge on any atom is -0.481 e. The van der Waals surface area contributed by atoms with Crippen LogP contribution in [0.5, 0.6) is 0 Å². The Morgan fingerprint density at radius 1 is 1.40 bits per heavy atom. The fourth-order valence-electron chi connectivity index (χ4n) is 2.96. The Morgan fingerprint density at radius 3 is 2.70 bits per heavy atom. The summed E-state index contributed by atoms with van der Waals surface area (Å²) in [4.78, 5) is 11.9. The molecule has 0 heterocycles. The highest BCUT2D eigenvalue weighted by Crippen LogP contribution is 2.42. The molecular formula is C17H28O3. The van der Waals surface area contributed by atoms with E-state index in [-0.39, 0.29) is 5.92 Å². The van der Waals surface area contributed by atoms with E-state index in [2.05, 4.69) is 19.9 Å². The van der Waals surface area contributed by atoms with Crippen molar-refractivity contribution < 1.29 is 14.6 Å². The number of methoxy groups -OCH3 is 1. The van der Waals surface area contributed by atoms with Crippen LogP contribution < -0.4 is 0 Å². The molecule has 0 bridgehead atoms. The van der Waals surface area contributed by atoms with Gasteiger partial charge in [0.25, 0.3) is 0 Å². The van der Waals surface area contributed by atoms with Crippen LogP contribution in [0.15, 0.2) is 23.8 Å². The van der Waals surface area contributed by atoms with Crippen LogP contribution in [0.3, 0.4) is 0 Å². The van der Waals surface area contributed by atoms with Gasteiger partial charge in [0.05, 0.1) is 5.41 Å². The molecule has 1 rings (SSSR count). The van der Waals surface area contributed by atoms with Gasteiger partial charge in [-0.1, -0.05) is 56.9 Å². The molecule has 2 atom stereocenters. The maximum Gasteiger partial charge on any atom is 0.314 e. The average molecular weight is 280 g/mol. The van der Waals surface area contributed by atoms with Crippen molar-refractivity contribution in [3.05, 3.63) is 23.8 Å². The number of hydrogen-bond acceptors (Lipinski definition) is 2. The van der Waals surface area contributed by atoms with Gasteiger partial charge in [-0.3, -0.25) is 4.79 Å². The molecule has 1 aliphatic rings. The minimum absolute atomic E-state index is 0.0399. The molecular weight excluding hydrogens is 252 g/mol. The van der Waals surface area contributed by atoms with Crippen molar-refractivity contribution in [2.75, 3.05) is 13.7 Å². The van der Waals surface area contributed by atoms with Crippen LogP contribution in [-0.4, -0.2) is 24.8 Å². The van der Waals surface area contributed by atoms with Crippen molar-refractivity contribution in [2.45, 2.75) is 52.4 Å². The van der Waals surface area contributed by atoms with Crippen LogP contribution in [0, 0.1) is 11.3 Å². The Morgan fingerprint density at radius 2 is 2.15 bits per heavy atom. The van der Waals surface area contributed by atoms with E-state index >= 15 is 0 Å². The highest BCUT2D eigenvalue weighted by molar-refractivity contribution is 5.78. The average Bonchev–Trinajstić information content (AvgIpc) is 2.44. The normalized spacial score (nSPS) is 25.6. The topological polar surface area (TPSA) is 46.5 Å². The molecule has 0 amide bonds. The van der Waals surface area contributed by atoms with Gasteiger partial charge in [-0.2, -0.15) is 0 Å². The molecule has 0 spiro atoms. The first-order chi connectivity index (χ1) is 9.60. The quantitative estimate of drug-likeness (QED) is 0.688. The van der Waals surface area contributed by atoms with Gasteiger partial charge in [0.2, 0.25) is 0 Å². The van der Waals surface area contributed by atoms with Gasteiger partial charge in [-0.25, -0.2) is 0 Å². The second-order valence-corrected chi connectivity index (χ2v) is 5.66. The zero-order chi connectivity index (χ0) is 15.0. The Labute approximate surface area is 122 Å². The van der Waals surface area contributed by atoms with Crippen LogP contribution in [0.4, 0.5) is 0 Å². The summed E-state index contributed by atoms with van der Waals surface area (Å²) in [5.74, 6) is -0.659. The molecule has 0 aromatic rings. The van der Waals surface area contributed by atoms with Gasteiger partial charge in [-0.05, 0) is 25.2 Å². The number of carboxylic acids is 1. The molecule has 3 heteroatoms. The number of allylic oxidation sites excluding steroid dienone is 3. The predicted molar refractivity (Wildman–Crippen MR) is 81.7 cm³/mol. The second kappa shape index (κ2) is 8.25. The van der Waals surface area contributed by atoms with E-state index in [9.17, 15) is 9.90 Å². The van der Waals surface area contributed by atoms with E-state index in [1.54, 1.807) is 7.11 Å². The first-order valence-electron chi connectivity index (χ1n) is 7.73. The first-order valence-corrected chi connectivity index (χ1v) is 7.73. The molecule has 1 aliphatic carbocycles. The lowest BCUT2D eigenvalue weighted by Gasteiger charge is -2.36. The lowest BCUT2D eigenvalue weighted by molar-refractivity contribution is -0.149. The lowest BCUT2D eigenvalue weighted by Crippen LogP contribution is -2.38. The van der Waals surface area contributed by atoms with Crippen LogP contribution in [0.2, 0.25) is 0 Å². The van der Waals surface area contributed by atoms with Crippen LogP contribution in [0.1, 0.15) is 52.4 Å². The SMILES string of the molecule is CCCCC1(C(=O)O)C=CC(CCC)=CC1CCOC. The minimum atomic E-state index is -0.744. The van der Waals surface area contributed by atoms with Crippen molar-refractivity contribution >= 4 is 5.97 Å². The molecule has 0 radical (unpaired) electrons. The summed E-state index contributed by atoms with van der Waals surface area (Å²) < 4.78 is 5.17. The van der Waals surface area contributed by atoms with Crippen molar-refractivity contribution in [1.82, 2.24) is 0 Å². The first kappa shape index (κ1) is 17.0. The zero-order valence-corrected chi connectivity index (χ0v) is 13.0. The molecule has 1 N–H and O–H groups in total. The summed E-state index contributed by atoms with van der Waals surface area (Å²) in [6, 6.07) is 0. The Kier molecular flexibility index (Phi) is 7.00. The van der Waals surface area contributed by atoms with E-state index in [4.69, 9.17) is 4.74 Å². The molecule has 0 saturated heterocycles. The predicted octanol–water partition coefficient (Wildman–Crippen LogP) is 4.20. The van der Waals surface area contributed by atoms with Gasteiger partial charge in [-0.15, -0.1) is 0 Å². The van der Waals surface area contributed by atoms with Crippen LogP contribution in [0.25, 0.3) is 0 Å². The number of carboxylic acid groups (broad SMARTS) is 1. The highest BCUT2D eigenvalue weighted by atomic mass is 16.5. The molecule has 20 heavy (non-hydrogen) atoms. The summed E-state index contributed by atoms with van der Waals surface area (Å²) in [5.41, 5.74) is 0.521. The summed E-state index contributed by atoms with van der Waals surface area (Å²) >= 11 is 0. The Balaban J connectivity index is 3.00.